The topological polar surface area (TPSA) is 1060 Å². The average molecular weight is 2460 g/mol. The van der Waals surface area contributed by atoms with Gasteiger partial charge in [0, 0.05) is 61.4 Å². The van der Waals surface area contributed by atoms with Gasteiger partial charge in [0.25, 0.3) is 58.8 Å². The predicted molar refractivity (Wildman–Crippen MR) is 461 cm³/mol. The number of phosphoric acid groups is 11. The summed E-state index contributed by atoms with van der Waals surface area (Å²) < 4.78 is 287. The molecule has 148 heavy (non-hydrogen) atoms. The van der Waals surface area contributed by atoms with Gasteiger partial charge in [-0.1, -0.05) is 38.8 Å². The van der Waals surface area contributed by atoms with Crippen LogP contribution in [-0.4, -0.2) is 340 Å². The summed E-state index contributed by atoms with van der Waals surface area (Å²) in [6.07, 6.45) is -5.79. The van der Waals surface area contributed by atoms with Crippen LogP contribution in [0.3, 0.4) is 0 Å². The third kappa shape index (κ3) is 35.0. The molecule has 10 rings (SSSR count). The predicted octanol–water partition coefficient (Wildman–Crippen LogP) is -5.01. The van der Waals surface area contributed by atoms with Crippen molar-refractivity contribution >= 4 is 153 Å². The Morgan fingerprint density at radius 3 is 0.764 bits per heavy atom. The molecule has 8 unspecified atom stereocenters. The quantitative estimate of drug-likeness (QED) is 0.0159. The van der Waals surface area contributed by atoms with E-state index < -0.39 is 281 Å². The van der Waals surface area contributed by atoms with E-state index in [-0.39, 0.29) is 29.1 Å². The van der Waals surface area contributed by atoms with E-state index in [9.17, 15) is 154 Å². The van der Waals surface area contributed by atoms with Crippen LogP contribution in [0.5, 0.6) is 0 Å². The van der Waals surface area contributed by atoms with Gasteiger partial charge >= 0.3 is 99.5 Å². The number of rotatable bonds is 36. The molecule has 10 heterocycles. The van der Waals surface area contributed by atoms with Gasteiger partial charge in [0.2, 0.25) is 5.60 Å². The molecule has 0 aromatic rings. The number of hydrogen-bond acceptors (Lipinski definition) is 50. The Morgan fingerprint density at radius 2 is 0.527 bits per heavy atom. The lowest BCUT2D eigenvalue weighted by Crippen LogP contribution is -2.55. The molecular formula is C56H85F6N10O61P13S2. The molecule has 0 saturated carbocycles. The minimum absolute atomic E-state index is 0.0462. The molecule has 5 amide bonds. The Morgan fingerprint density at radius 1 is 0.324 bits per heavy atom. The molecule has 0 aromatic heterocycles. The van der Waals surface area contributed by atoms with Crippen molar-refractivity contribution in [2.24, 2.45) is 0 Å². The first kappa shape index (κ1) is 132. The fourth-order valence-corrected chi connectivity index (χ4v) is 26.8. The molecule has 5 saturated heterocycles. The first-order valence-corrected chi connectivity index (χ1v) is 59.3. The summed E-state index contributed by atoms with van der Waals surface area (Å²) >= 11 is 8.68. The lowest BCUT2D eigenvalue weighted by molar-refractivity contribution is -0.207. The highest BCUT2D eigenvalue weighted by atomic mass is 32.5. The molecule has 32 N–H and O–H groups in total. The van der Waals surface area contributed by atoms with E-state index in [1.54, 1.807) is 5.92 Å². The third-order valence-corrected chi connectivity index (χ3v) is 36.1. The molecule has 71 nitrogen and oxygen atoms in total. The van der Waals surface area contributed by atoms with Crippen LogP contribution in [0.25, 0.3) is 0 Å². The number of alkyl halides is 6. The number of amides is 5. The largest absolute Gasteiger partial charge is 0.490 e. The van der Waals surface area contributed by atoms with E-state index in [1.165, 1.54) is 0 Å². The monoisotopic (exact) mass is 2450 g/mol. The zero-order valence-corrected chi connectivity index (χ0v) is 86.5. The molecule has 10 aliphatic rings. The molecule has 10 aliphatic heterocycles. The number of nitrogens with one attached hydrogen (secondary N) is 5. The molecule has 0 bridgehead atoms. The lowest BCUT2D eigenvalue weighted by atomic mass is 9.93. The van der Waals surface area contributed by atoms with Gasteiger partial charge in [0.15, 0.2) is 49.0 Å². The van der Waals surface area contributed by atoms with Crippen LogP contribution in [0.2, 0.25) is 0 Å². The van der Waals surface area contributed by atoms with Crippen molar-refractivity contribution in [3.63, 3.8) is 0 Å². The number of halogens is 6. The fraction of sp³-hybridized carbons (Fsp3) is 0.518. The first-order valence-electron chi connectivity index (χ1n) is 37.5. The number of terminal acetylenes is 1. The molecule has 844 valence electrons. The van der Waals surface area contributed by atoms with Gasteiger partial charge in [-0.05, 0) is 51.3 Å². The normalized spacial score (nSPS) is 35.7. The van der Waals surface area contributed by atoms with E-state index in [0.717, 1.165) is 114 Å². The number of aliphatic hydroxyl groups excluding tert-OH is 5. The minimum Gasteiger partial charge on any atom is -0.384 e. The highest BCUT2D eigenvalue weighted by Gasteiger charge is 2.71. The third-order valence-electron chi connectivity index (χ3n) is 18.7. The Bertz CT molecular complexity index is 5730. The zero-order chi connectivity index (χ0) is 115. The Kier molecular flexibility index (Phi) is 41.1. The van der Waals surface area contributed by atoms with Crippen molar-refractivity contribution in [2.45, 2.75) is 147 Å². The number of carbonyl (C=O) groups excluding carboxylic acids is 5. The second kappa shape index (κ2) is 46.2. The van der Waals surface area contributed by atoms with E-state index >= 15 is 22.0 Å². The lowest BCUT2D eigenvalue weighted by Gasteiger charge is -2.36. The van der Waals surface area contributed by atoms with Gasteiger partial charge in [0.05, 0.1) is 0 Å². The van der Waals surface area contributed by atoms with Crippen molar-refractivity contribution in [1.29, 1.82) is 0 Å². The van der Waals surface area contributed by atoms with Crippen LogP contribution in [-0.2, 0) is 179 Å². The molecule has 0 radical (unpaired) electrons. The van der Waals surface area contributed by atoms with Gasteiger partial charge in [-0.25, -0.2) is 85.2 Å². The summed E-state index contributed by atoms with van der Waals surface area (Å²) in [4.78, 5) is 221. The van der Waals surface area contributed by atoms with E-state index in [1.807, 2.05) is 0 Å². The molecule has 92 heteroatoms. The summed E-state index contributed by atoms with van der Waals surface area (Å²) in [5.41, 5.74) is -12.7. The Balaban J connectivity index is 0.000000283. The number of ether oxygens (including phenoxy) is 5. The van der Waals surface area contributed by atoms with Crippen LogP contribution in [0.4, 0.5) is 26.3 Å². The van der Waals surface area contributed by atoms with E-state index in [2.05, 4.69) is 140 Å². The van der Waals surface area contributed by atoms with Crippen LogP contribution < -0.4 is 26.6 Å². The number of hydrogen-bond donors (Lipinski definition) is 32. The second-order valence-corrected chi connectivity index (χ2v) is 52.3. The Labute approximate surface area is 831 Å². The first-order chi connectivity index (χ1) is 66.1. The standard InChI is InChI=1S/C12H16FN2O14P3.C11H17F2N2O12P3S.C11H18FN2O14P3.C11H18FN2O13P3S.C11H16FN2O8P/c1-3-11(18)9(17)12(13,27-10(11)15-5-4-8(16)14-7(15)2)6-26-31(22,23)29-32(24,25)28-30(19,20)21;1-6-14-7(16)3-4-15(6)9-10(2,12)8(17)11(13,25-9)5-24-30(23,31)27-29(21,22)26-28(18,19)20;1-6-13-7(15)3-4-14(6)9-10(2,17)8(16)11(12,26-9)5-25-30(21,22)28-31(23,24)27-29(18,19)20;1-6-13-7(15)3-4-14(6)9-10(2,17)8(16)11(12,25-9)5-24-30(23,31)27-29(21,22)26-28(18,19)20;1-6-13-7(15)3-4-14(6)9-10(2,17)8(16)11(12,22-9)5-21-23(18,19)20/h1,4-5,9-10,17-18H,2,6H2,(H,14,16)(H,22,23)(H,24,25)(H2,19,20,21);3-4,8-9,17H,1,5H2,2H3,(H,14,16)(H,21,22)(H,23,31)(H2,18,19,20);3-4,8-9,16-17H,1,5H2,2H3,(H,13,15)(H,21,22)(H,23,24)(H2,18,19,20);3-4,8-9,16-17H,1,5H2,2H3,(H,13,15)(H,21,22)(H,23,31)(H2,18,19,20);3-4,8-9,16-17H,1,5H2,2H3,(H,13,15)(H2,18,19,20)/t9-,10+,11+,12+;8-,9+,10+,11+,30?;8-,9+,10+,11+;8-,9+,10+,11+,30?;8-,9+,10+,11+/m00000/s1. The maximum absolute atomic E-state index is 15.2. The summed E-state index contributed by atoms with van der Waals surface area (Å²) in [5, 5.41) is 104. The van der Waals surface area contributed by atoms with Gasteiger partial charge in [-0.2, -0.15) is 25.9 Å². The highest BCUT2D eigenvalue weighted by molar-refractivity contribution is 8.09. The molecule has 28 atom stereocenters. The maximum atomic E-state index is 15.2. The molecule has 0 aliphatic carbocycles. The van der Waals surface area contributed by atoms with Gasteiger partial charge < -0.3 is 218 Å². The summed E-state index contributed by atoms with van der Waals surface area (Å²) in [6.45, 7) is 3.40. The number of carbonyl (C=O) groups is 5. The molecule has 0 spiro atoms. The van der Waals surface area contributed by atoms with Crippen molar-refractivity contribution in [1.82, 2.24) is 51.1 Å². The number of phosphoric ester groups is 3. The minimum atomic E-state index is -5.89. The van der Waals surface area contributed by atoms with Gasteiger partial charge in [-0.3, -0.25) is 37.5 Å². The SMILES string of the molecule is C#C[C@]1(O)[C@H](N2C=CC(=O)NC2=C)O[C@](F)(COP(=O)(O)OP(=O)(O)OP(=O)(O)O)[C@H]1O.C=C1NC(=O)C=CN1[C@@H]1O[C@](F)(COP(=O)(O)O)[C@@H](O)[C@@]1(C)O.C=C1NC(=O)C=CN1[C@@H]1O[C@](F)(COP(=O)(O)OP(=O)(O)OP(=O)(O)O)[C@@H](O)[C@@]1(C)O.C=C1NC(=O)C=CN1[C@@H]1O[C@](F)(COP(O)(=S)OP(=O)(O)OP(=O)(O)O)[C@@H](O)[C@@]1(C)F.C=C1NC(=O)C=CN1[C@@H]1O[C@](F)(COP(O)(=S)OP(=O)(O)OP(=O)(O)O)[C@@H](O)[C@@]1(C)O. The summed E-state index contributed by atoms with van der Waals surface area (Å²) in [7, 11) is -62.0. The maximum Gasteiger partial charge on any atom is 0.490 e. The molecular weight excluding hydrogens is 2370 g/mol. The van der Waals surface area contributed by atoms with E-state index in [0.29, 0.717) is 0 Å². The molecule has 5 fully saturated rings. The fourth-order valence-electron chi connectivity index (χ4n) is 12.5. The van der Waals surface area contributed by atoms with Crippen molar-refractivity contribution in [3.05, 3.63) is 123 Å². The number of aliphatic hydroxyl groups is 9. The van der Waals surface area contributed by atoms with Gasteiger partial charge in [0.1, 0.15) is 97.3 Å². The zero-order valence-electron chi connectivity index (χ0n) is 73.3. The van der Waals surface area contributed by atoms with Crippen LogP contribution in [0.15, 0.2) is 123 Å². The van der Waals surface area contributed by atoms with Crippen LogP contribution in [0, 0.1) is 12.3 Å². The van der Waals surface area contributed by atoms with Crippen molar-refractivity contribution < 1.29 is 315 Å². The summed E-state index contributed by atoms with van der Waals surface area (Å²) in [5.74, 6) is -18.9. The van der Waals surface area contributed by atoms with Crippen molar-refractivity contribution in [3.8, 4) is 12.3 Å². The Hall–Kier alpha value is -5.08. The molecule has 0 aromatic carbocycles. The van der Waals surface area contributed by atoms with Gasteiger partial charge in [-0.15, -0.1) is 6.42 Å². The van der Waals surface area contributed by atoms with Crippen molar-refractivity contribution in [2.75, 3.05) is 33.0 Å². The van der Waals surface area contributed by atoms with Crippen LogP contribution >= 0.6 is 99.5 Å². The number of nitrogens with zero attached hydrogens (tertiary/aromatic N) is 5. The average Bonchev–Trinajstić information content (AvgIpc) is 1.58. The smallest absolute Gasteiger partial charge is 0.384 e. The van der Waals surface area contributed by atoms with Crippen LogP contribution in [0.1, 0.15) is 27.7 Å². The second-order valence-electron chi connectivity index (χ2n) is 30.6. The highest BCUT2D eigenvalue weighted by Crippen LogP contribution is 2.71. The van der Waals surface area contributed by atoms with E-state index in [4.69, 9.17) is 88.8 Å². The summed E-state index contributed by atoms with van der Waals surface area (Å²) in [6, 6.07) is 0.